The lowest BCUT2D eigenvalue weighted by atomic mass is 10.0. The number of carbonyl (C=O) groups excluding carboxylic acids is 1. The summed E-state index contributed by atoms with van der Waals surface area (Å²) in [7, 11) is 0. The number of primary amides is 1. The van der Waals surface area contributed by atoms with Crippen molar-refractivity contribution < 1.29 is 27.4 Å². The Kier molecular flexibility index (Phi) is 3.73. The van der Waals surface area contributed by atoms with Crippen LogP contribution in [0.25, 0.3) is 0 Å². The minimum atomic E-state index is -4.64. The van der Waals surface area contributed by atoms with Gasteiger partial charge >= 0.3 is 6.18 Å². The number of ether oxygens (including phenoxy) is 2. The number of hydrogen-bond acceptors (Lipinski definition) is 4. The molecular formula is C14H15F3N2O3. The van der Waals surface area contributed by atoms with Gasteiger partial charge in [-0.25, -0.2) is 0 Å². The van der Waals surface area contributed by atoms with E-state index in [1.165, 1.54) is 6.07 Å². The first-order valence-corrected chi connectivity index (χ1v) is 6.84. The second-order valence-electron chi connectivity index (χ2n) is 5.41. The summed E-state index contributed by atoms with van der Waals surface area (Å²) in [6.07, 6.45) is -4.58. The molecule has 0 saturated carbocycles. The van der Waals surface area contributed by atoms with Gasteiger partial charge in [0.25, 0.3) is 0 Å². The van der Waals surface area contributed by atoms with Crippen molar-refractivity contribution in [2.24, 2.45) is 5.73 Å². The minimum Gasteiger partial charge on any atom is -0.371 e. The summed E-state index contributed by atoms with van der Waals surface area (Å²) in [4.78, 5) is 13.0. The summed E-state index contributed by atoms with van der Waals surface area (Å²) in [6.45, 7) is 2.20. The highest BCUT2D eigenvalue weighted by molar-refractivity contribution is 5.95. The van der Waals surface area contributed by atoms with Gasteiger partial charge in [-0.2, -0.15) is 13.2 Å². The maximum Gasteiger partial charge on any atom is 0.417 e. The van der Waals surface area contributed by atoms with E-state index in [0.717, 1.165) is 12.1 Å². The Morgan fingerprint density at radius 2 is 1.77 bits per heavy atom. The van der Waals surface area contributed by atoms with Crippen LogP contribution in [-0.4, -0.2) is 44.4 Å². The molecule has 5 nitrogen and oxygen atoms in total. The van der Waals surface area contributed by atoms with E-state index in [-0.39, 0.29) is 12.2 Å². The molecule has 0 bridgehead atoms. The van der Waals surface area contributed by atoms with Crippen molar-refractivity contribution in [3.63, 3.8) is 0 Å². The Balaban J connectivity index is 1.91. The Morgan fingerprint density at radius 3 is 2.18 bits per heavy atom. The summed E-state index contributed by atoms with van der Waals surface area (Å²) >= 11 is 0. The standard InChI is InChI=1S/C14H15F3N2O3/c15-14(16,17)12-3-8(1-2-11(12)13(18)20)19(4-9-6-21-9)5-10-7-22-10/h1-3,9-10H,4-7H2,(H2,18,20). The molecule has 0 spiro atoms. The SMILES string of the molecule is NC(=O)c1ccc(N(CC2CO2)CC2CO2)cc1C(F)(F)F. The second kappa shape index (κ2) is 5.44. The maximum atomic E-state index is 13.1. The Bertz CT molecular complexity index is 569. The molecule has 2 unspecified atom stereocenters. The van der Waals surface area contributed by atoms with Crippen LogP contribution in [0.3, 0.4) is 0 Å². The quantitative estimate of drug-likeness (QED) is 0.806. The number of rotatable bonds is 6. The predicted octanol–water partition coefficient (Wildman–Crippen LogP) is 1.41. The summed E-state index contributed by atoms with van der Waals surface area (Å²) in [5.74, 6) is -1.10. The highest BCUT2D eigenvalue weighted by Gasteiger charge is 2.36. The number of amides is 1. The van der Waals surface area contributed by atoms with Crippen LogP contribution < -0.4 is 10.6 Å². The lowest BCUT2D eigenvalue weighted by molar-refractivity contribution is -0.137. The van der Waals surface area contributed by atoms with E-state index < -0.39 is 23.2 Å². The molecule has 2 aliphatic heterocycles. The van der Waals surface area contributed by atoms with Crippen LogP contribution in [0, 0.1) is 0 Å². The third kappa shape index (κ3) is 3.50. The zero-order valence-corrected chi connectivity index (χ0v) is 11.6. The van der Waals surface area contributed by atoms with E-state index in [0.29, 0.717) is 32.0 Å². The summed E-state index contributed by atoms with van der Waals surface area (Å²) in [5.41, 5.74) is 3.86. The molecule has 1 aromatic carbocycles. The van der Waals surface area contributed by atoms with Gasteiger partial charge in [-0.05, 0) is 18.2 Å². The van der Waals surface area contributed by atoms with Gasteiger partial charge in [0, 0.05) is 18.8 Å². The number of benzene rings is 1. The Morgan fingerprint density at radius 1 is 1.23 bits per heavy atom. The third-order valence-electron chi connectivity index (χ3n) is 3.59. The first-order valence-electron chi connectivity index (χ1n) is 6.84. The van der Waals surface area contributed by atoms with Gasteiger partial charge in [0.1, 0.15) is 0 Å². The third-order valence-corrected chi connectivity index (χ3v) is 3.59. The van der Waals surface area contributed by atoms with Gasteiger partial charge in [0.15, 0.2) is 0 Å². The molecule has 2 heterocycles. The van der Waals surface area contributed by atoms with Crippen molar-refractivity contribution in [3.05, 3.63) is 29.3 Å². The molecule has 0 aromatic heterocycles. The molecule has 120 valence electrons. The molecule has 2 saturated heterocycles. The summed E-state index contributed by atoms with van der Waals surface area (Å²) in [6, 6.07) is 3.56. The zero-order valence-electron chi connectivity index (χ0n) is 11.6. The molecule has 0 aliphatic carbocycles. The highest BCUT2D eigenvalue weighted by atomic mass is 19.4. The Labute approximate surface area is 124 Å². The fourth-order valence-electron chi connectivity index (χ4n) is 2.30. The largest absolute Gasteiger partial charge is 0.417 e. The molecule has 3 rings (SSSR count). The highest BCUT2D eigenvalue weighted by Crippen LogP contribution is 2.35. The number of hydrogen-bond donors (Lipinski definition) is 1. The van der Waals surface area contributed by atoms with Crippen molar-refractivity contribution in [3.8, 4) is 0 Å². The van der Waals surface area contributed by atoms with Crippen LogP contribution in [0.1, 0.15) is 15.9 Å². The molecule has 1 aromatic rings. The number of alkyl halides is 3. The number of halogens is 3. The first-order chi connectivity index (χ1) is 10.3. The molecule has 0 radical (unpaired) electrons. The van der Waals surface area contributed by atoms with E-state index in [4.69, 9.17) is 15.2 Å². The molecule has 22 heavy (non-hydrogen) atoms. The van der Waals surface area contributed by atoms with Gasteiger partial charge < -0.3 is 20.1 Å². The fourth-order valence-corrected chi connectivity index (χ4v) is 2.30. The van der Waals surface area contributed by atoms with Crippen molar-refractivity contribution in [2.75, 3.05) is 31.2 Å². The molecule has 2 fully saturated rings. The van der Waals surface area contributed by atoms with E-state index >= 15 is 0 Å². The van der Waals surface area contributed by atoms with Crippen molar-refractivity contribution in [1.82, 2.24) is 0 Å². The number of epoxide rings is 2. The Hall–Kier alpha value is -1.80. The van der Waals surface area contributed by atoms with Crippen molar-refractivity contribution in [1.29, 1.82) is 0 Å². The van der Waals surface area contributed by atoms with Gasteiger partial charge in [-0.1, -0.05) is 0 Å². The van der Waals surface area contributed by atoms with Crippen LogP contribution >= 0.6 is 0 Å². The maximum absolute atomic E-state index is 13.1. The summed E-state index contributed by atoms with van der Waals surface area (Å²) < 4.78 is 49.7. The van der Waals surface area contributed by atoms with Gasteiger partial charge in [0.2, 0.25) is 5.91 Å². The number of nitrogens with zero attached hydrogens (tertiary/aromatic N) is 1. The number of carbonyl (C=O) groups is 1. The molecule has 2 aliphatic rings. The van der Waals surface area contributed by atoms with Gasteiger partial charge in [-0.3, -0.25) is 4.79 Å². The van der Waals surface area contributed by atoms with Crippen molar-refractivity contribution in [2.45, 2.75) is 18.4 Å². The van der Waals surface area contributed by atoms with E-state index in [2.05, 4.69) is 0 Å². The van der Waals surface area contributed by atoms with Crippen molar-refractivity contribution >= 4 is 11.6 Å². The van der Waals surface area contributed by atoms with E-state index in [9.17, 15) is 18.0 Å². The van der Waals surface area contributed by atoms with Crippen LogP contribution in [0.15, 0.2) is 18.2 Å². The lowest BCUT2D eigenvalue weighted by Gasteiger charge is -2.25. The predicted molar refractivity (Wildman–Crippen MR) is 71.7 cm³/mol. The zero-order chi connectivity index (χ0) is 15.9. The van der Waals surface area contributed by atoms with Crippen LogP contribution in [0.5, 0.6) is 0 Å². The molecule has 8 heteroatoms. The summed E-state index contributed by atoms with van der Waals surface area (Å²) in [5, 5.41) is 0. The first kappa shape index (κ1) is 15.1. The van der Waals surface area contributed by atoms with Crippen LogP contribution in [0.4, 0.5) is 18.9 Å². The average Bonchev–Trinajstić information content (AvgIpc) is 3.31. The molecule has 1 amide bonds. The topological polar surface area (TPSA) is 71.4 Å². The smallest absolute Gasteiger partial charge is 0.371 e. The average molecular weight is 316 g/mol. The van der Waals surface area contributed by atoms with Gasteiger partial charge in [0.05, 0.1) is 36.5 Å². The fraction of sp³-hybridized carbons (Fsp3) is 0.500. The monoisotopic (exact) mass is 316 g/mol. The molecular weight excluding hydrogens is 301 g/mol. The minimum absolute atomic E-state index is 0.0314. The lowest BCUT2D eigenvalue weighted by Crippen LogP contribution is -2.32. The number of nitrogens with two attached hydrogens (primary N) is 1. The van der Waals surface area contributed by atoms with Crippen LogP contribution in [0.2, 0.25) is 0 Å². The normalized spacial score (nSPS) is 23.2. The second-order valence-corrected chi connectivity index (χ2v) is 5.41. The molecule has 2 atom stereocenters. The van der Waals surface area contributed by atoms with E-state index in [1.54, 1.807) is 4.90 Å². The van der Waals surface area contributed by atoms with Crippen LogP contribution in [-0.2, 0) is 15.7 Å². The number of anilines is 1. The van der Waals surface area contributed by atoms with Gasteiger partial charge in [-0.15, -0.1) is 0 Å². The van der Waals surface area contributed by atoms with E-state index in [1.807, 2.05) is 0 Å². The molecule has 2 N–H and O–H groups in total.